The maximum atomic E-state index is 13.4. The smallest absolute Gasteiger partial charge is 0.151 e. The van der Waals surface area contributed by atoms with E-state index in [1.54, 1.807) is 37.3 Å². The van der Waals surface area contributed by atoms with Crippen molar-refractivity contribution in [3.63, 3.8) is 0 Å². The van der Waals surface area contributed by atoms with Crippen molar-refractivity contribution in [2.45, 2.75) is 6.92 Å². The van der Waals surface area contributed by atoms with E-state index < -0.39 is 0 Å². The standard InChI is InChI=1S/C14H11FN2O/c1-9-5-6-11(7-12(9)15)18-13-4-2-3-10(8-16)14(13)17/h2-7H,17H2,1H3. The Morgan fingerprint density at radius 1 is 1.28 bits per heavy atom. The number of nitrogen functional groups attached to an aromatic ring is 1. The van der Waals surface area contributed by atoms with E-state index in [4.69, 9.17) is 15.7 Å². The maximum Gasteiger partial charge on any atom is 0.151 e. The molecular weight excluding hydrogens is 231 g/mol. The van der Waals surface area contributed by atoms with Crippen LogP contribution in [0.25, 0.3) is 0 Å². The second-order valence-corrected chi connectivity index (χ2v) is 3.84. The molecule has 0 bridgehead atoms. The molecule has 0 unspecified atom stereocenters. The van der Waals surface area contributed by atoms with Crippen molar-refractivity contribution in [2.75, 3.05) is 5.73 Å². The Bertz CT molecular complexity index is 632. The van der Waals surface area contributed by atoms with Crippen LogP contribution in [0.4, 0.5) is 10.1 Å². The van der Waals surface area contributed by atoms with Gasteiger partial charge in [-0.15, -0.1) is 0 Å². The minimum Gasteiger partial charge on any atom is -0.455 e. The van der Waals surface area contributed by atoms with Crippen LogP contribution in [0.5, 0.6) is 11.5 Å². The van der Waals surface area contributed by atoms with Gasteiger partial charge in [-0.25, -0.2) is 4.39 Å². The third kappa shape index (κ3) is 2.25. The van der Waals surface area contributed by atoms with Gasteiger partial charge < -0.3 is 10.5 Å². The van der Waals surface area contributed by atoms with Crippen molar-refractivity contribution >= 4 is 5.69 Å². The molecule has 0 amide bonds. The number of para-hydroxylation sites is 1. The van der Waals surface area contributed by atoms with Gasteiger partial charge in [-0.2, -0.15) is 5.26 Å². The summed E-state index contributed by atoms with van der Waals surface area (Å²) in [5.74, 6) is 0.347. The van der Waals surface area contributed by atoms with Gasteiger partial charge in [0.1, 0.15) is 17.6 Å². The highest BCUT2D eigenvalue weighted by atomic mass is 19.1. The number of rotatable bonds is 2. The lowest BCUT2D eigenvalue weighted by atomic mass is 10.2. The second-order valence-electron chi connectivity index (χ2n) is 3.84. The van der Waals surface area contributed by atoms with E-state index in [2.05, 4.69) is 0 Å². The first-order chi connectivity index (χ1) is 8.61. The highest BCUT2D eigenvalue weighted by molar-refractivity contribution is 5.63. The quantitative estimate of drug-likeness (QED) is 0.821. The molecular formula is C14H11FN2O. The molecule has 0 fully saturated rings. The van der Waals surface area contributed by atoms with E-state index in [0.717, 1.165) is 0 Å². The van der Waals surface area contributed by atoms with Crippen LogP contribution in [0, 0.1) is 24.1 Å². The Morgan fingerprint density at radius 2 is 2.06 bits per heavy atom. The molecule has 18 heavy (non-hydrogen) atoms. The fourth-order valence-corrected chi connectivity index (χ4v) is 1.49. The number of nitriles is 1. The molecule has 2 rings (SSSR count). The summed E-state index contributed by atoms with van der Waals surface area (Å²) in [5, 5.41) is 8.84. The average Bonchev–Trinajstić information content (AvgIpc) is 2.36. The van der Waals surface area contributed by atoms with E-state index in [0.29, 0.717) is 22.6 Å². The molecule has 3 nitrogen and oxygen atoms in total. The summed E-state index contributed by atoms with van der Waals surface area (Å²) < 4.78 is 18.8. The van der Waals surface area contributed by atoms with Crippen LogP contribution in [-0.4, -0.2) is 0 Å². The molecule has 0 atom stereocenters. The predicted molar refractivity (Wildman–Crippen MR) is 66.8 cm³/mol. The fourth-order valence-electron chi connectivity index (χ4n) is 1.49. The van der Waals surface area contributed by atoms with E-state index in [1.807, 2.05) is 6.07 Å². The SMILES string of the molecule is Cc1ccc(Oc2cccc(C#N)c2N)cc1F. The predicted octanol–water partition coefficient (Wildman–Crippen LogP) is 3.38. The summed E-state index contributed by atoms with van der Waals surface area (Å²) >= 11 is 0. The molecule has 2 aromatic rings. The van der Waals surface area contributed by atoms with Crippen molar-refractivity contribution in [3.05, 3.63) is 53.3 Å². The molecule has 0 spiro atoms. The second kappa shape index (κ2) is 4.76. The molecule has 90 valence electrons. The molecule has 4 heteroatoms. The number of hydrogen-bond acceptors (Lipinski definition) is 3. The summed E-state index contributed by atoms with van der Waals surface area (Å²) in [5.41, 5.74) is 6.90. The first-order valence-electron chi connectivity index (χ1n) is 5.34. The zero-order valence-electron chi connectivity index (χ0n) is 9.77. The van der Waals surface area contributed by atoms with Gasteiger partial charge in [0.15, 0.2) is 5.75 Å². The number of anilines is 1. The van der Waals surface area contributed by atoms with E-state index >= 15 is 0 Å². The lowest BCUT2D eigenvalue weighted by Crippen LogP contribution is -1.95. The van der Waals surface area contributed by atoms with Crippen molar-refractivity contribution in [1.82, 2.24) is 0 Å². The summed E-state index contributed by atoms with van der Waals surface area (Å²) in [6.07, 6.45) is 0. The van der Waals surface area contributed by atoms with Crippen LogP contribution in [0.1, 0.15) is 11.1 Å². The molecule has 0 aromatic heterocycles. The summed E-state index contributed by atoms with van der Waals surface area (Å²) in [4.78, 5) is 0. The Morgan fingerprint density at radius 3 is 2.72 bits per heavy atom. The Hall–Kier alpha value is -2.54. The lowest BCUT2D eigenvalue weighted by Gasteiger charge is -2.09. The van der Waals surface area contributed by atoms with Gasteiger partial charge in [-0.1, -0.05) is 12.1 Å². The molecule has 0 aliphatic rings. The Labute approximate surface area is 104 Å². The van der Waals surface area contributed by atoms with Crippen LogP contribution >= 0.6 is 0 Å². The molecule has 2 aromatic carbocycles. The number of benzene rings is 2. The van der Waals surface area contributed by atoms with Crippen LogP contribution in [0.15, 0.2) is 36.4 Å². The molecule has 0 radical (unpaired) electrons. The summed E-state index contributed by atoms with van der Waals surface area (Å²) in [7, 11) is 0. The third-order valence-electron chi connectivity index (χ3n) is 2.56. The highest BCUT2D eigenvalue weighted by Crippen LogP contribution is 2.30. The average molecular weight is 242 g/mol. The highest BCUT2D eigenvalue weighted by Gasteiger charge is 2.07. The molecule has 0 heterocycles. The van der Waals surface area contributed by atoms with Crippen molar-refractivity contribution < 1.29 is 9.13 Å². The van der Waals surface area contributed by atoms with E-state index in [9.17, 15) is 4.39 Å². The fraction of sp³-hybridized carbons (Fsp3) is 0.0714. The molecule has 0 saturated carbocycles. The van der Waals surface area contributed by atoms with Gasteiger partial charge in [0.05, 0.1) is 11.3 Å². The summed E-state index contributed by atoms with van der Waals surface area (Å²) in [6, 6.07) is 11.4. The molecule has 0 aliphatic heterocycles. The topological polar surface area (TPSA) is 59.0 Å². The van der Waals surface area contributed by atoms with Gasteiger partial charge >= 0.3 is 0 Å². The number of ether oxygens (including phenoxy) is 1. The first kappa shape index (κ1) is 11.9. The number of aryl methyl sites for hydroxylation is 1. The van der Waals surface area contributed by atoms with E-state index in [1.165, 1.54) is 6.07 Å². The molecule has 2 N–H and O–H groups in total. The number of nitrogens with zero attached hydrogens (tertiary/aromatic N) is 1. The van der Waals surface area contributed by atoms with Crippen LogP contribution < -0.4 is 10.5 Å². The molecule has 0 saturated heterocycles. The normalized spacial score (nSPS) is 9.83. The van der Waals surface area contributed by atoms with E-state index in [-0.39, 0.29) is 11.5 Å². The zero-order chi connectivity index (χ0) is 13.1. The van der Waals surface area contributed by atoms with Crippen molar-refractivity contribution in [1.29, 1.82) is 5.26 Å². The number of nitrogens with two attached hydrogens (primary N) is 1. The third-order valence-corrected chi connectivity index (χ3v) is 2.56. The zero-order valence-corrected chi connectivity index (χ0v) is 9.77. The van der Waals surface area contributed by atoms with Gasteiger partial charge in [-0.05, 0) is 30.7 Å². The first-order valence-corrected chi connectivity index (χ1v) is 5.34. The molecule has 0 aliphatic carbocycles. The van der Waals surface area contributed by atoms with Crippen molar-refractivity contribution in [2.24, 2.45) is 0 Å². The van der Waals surface area contributed by atoms with Crippen LogP contribution in [-0.2, 0) is 0 Å². The number of hydrogen-bond donors (Lipinski definition) is 1. The Balaban J connectivity index is 2.35. The van der Waals surface area contributed by atoms with Crippen LogP contribution in [0.2, 0.25) is 0 Å². The minimum atomic E-state index is -0.345. The lowest BCUT2D eigenvalue weighted by molar-refractivity contribution is 0.478. The summed E-state index contributed by atoms with van der Waals surface area (Å²) in [6.45, 7) is 1.67. The van der Waals surface area contributed by atoms with Gasteiger partial charge in [-0.3, -0.25) is 0 Å². The monoisotopic (exact) mass is 242 g/mol. The van der Waals surface area contributed by atoms with Gasteiger partial charge in [0, 0.05) is 6.07 Å². The number of halogens is 1. The van der Waals surface area contributed by atoms with Crippen molar-refractivity contribution in [3.8, 4) is 17.6 Å². The van der Waals surface area contributed by atoms with Gasteiger partial charge in [0.25, 0.3) is 0 Å². The maximum absolute atomic E-state index is 13.4. The van der Waals surface area contributed by atoms with Crippen LogP contribution in [0.3, 0.4) is 0 Å². The minimum absolute atomic E-state index is 0.251. The van der Waals surface area contributed by atoms with Gasteiger partial charge in [0.2, 0.25) is 0 Å². The largest absolute Gasteiger partial charge is 0.455 e. The Kier molecular flexibility index (Phi) is 3.16.